The molecule has 2 aromatic rings. The van der Waals surface area contributed by atoms with Crippen LogP contribution in [0.2, 0.25) is 0 Å². The van der Waals surface area contributed by atoms with E-state index >= 15 is 0 Å². The van der Waals surface area contributed by atoms with Crippen molar-refractivity contribution >= 4 is 17.6 Å². The molecule has 1 N–H and O–H groups in total. The molecule has 0 aromatic carbocycles. The van der Waals surface area contributed by atoms with E-state index in [0.29, 0.717) is 0 Å². The summed E-state index contributed by atoms with van der Waals surface area (Å²) in [6, 6.07) is 1.91. The summed E-state index contributed by atoms with van der Waals surface area (Å²) >= 11 is 1.54. The van der Waals surface area contributed by atoms with E-state index < -0.39 is 0 Å². The van der Waals surface area contributed by atoms with Crippen LogP contribution in [0, 0.1) is 6.92 Å². The molecular formula is C11H15N5S. The number of hydrogen-bond donors (Lipinski definition) is 1. The molecule has 0 aliphatic carbocycles. The fraction of sp³-hybridized carbons (Fsp3) is 0.364. The first kappa shape index (κ1) is 11.9. The van der Waals surface area contributed by atoms with E-state index in [1.165, 1.54) is 5.56 Å². The fourth-order valence-corrected chi connectivity index (χ4v) is 1.87. The second kappa shape index (κ2) is 5.18. The van der Waals surface area contributed by atoms with Crippen LogP contribution in [0.15, 0.2) is 23.6 Å². The summed E-state index contributed by atoms with van der Waals surface area (Å²) in [7, 11) is 2.01. The Hall–Kier alpha value is -1.56. The monoisotopic (exact) mass is 249 g/mol. The molecule has 0 aliphatic heterocycles. The van der Waals surface area contributed by atoms with Crippen molar-refractivity contribution < 1.29 is 0 Å². The van der Waals surface area contributed by atoms with Crippen molar-refractivity contribution in [2.45, 2.75) is 18.6 Å². The lowest BCUT2D eigenvalue weighted by Gasteiger charge is -2.17. The molecule has 5 nitrogen and oxygen atoms in total. The lowest BCUT2D eigenvalue weighted by Crippen LogP contribution is -2.18. The van der Waals surface area contributed by atoms with Gasteiger partial charge in [0.05, 0.1) is 6.20 Å². The van der Waals surface area contributed by atoms with Gasteiger partial charge in [-0.15, -0.1) is 0 Å². The van der Waals surface area contributed by atoms with Gasteiger partial charge in [-0.05, 0) is 19.2 Å². The van der Waals surface area contributed by atoms with Crippen molar-refractivity contribution in [1.82, 2.24) is 20.2 Å². The third-order valence-electron chi connectivity index (χ3n) is 2.53. The van der Waals surface area contributed by atoms with E-state index in [9.17, 15) is 0 Å². The van der Waals surface area contributed by atoms with Crippen LogP contribution in [0.4, 0.5) is 5.82 Å². The van der Waals surface area contributed by atoms with Crippen LogP contribution in [0.1, 0.15) is 11.3 Å². The molecule has 0 spiro atoms. The molecule has 2 aromatic heterocycles. The summed E-state index contributed by atoms with van der Waals surface area (Å²) in [6.45, 7) is 2.80. The van der Waals surface area contributed by atoms with E-state index in [-0.39, 0.29) is 0 Å². The number of H-pyrrole nitrogens is 1. The highest BCUT2D eigenvalue weighted by molar-refractivity contribution is 7.98. The highest BCUT2D eigenvalue weighted by Gasteiger charge is 2.07. The van der Waals surface area contributed by atoms with Crippen LogP contribution in [-0.2, 0) is 6.54 Å². The first-order valence-corrected chi connectivity index (χ1v) is 6.50. The zero-order valence-corrected chi connectivity index (χ0v) is 11.0. The quantitative estimate of drug-likeness (QED) is 0.662. The minimum Gasteiger partial charge on any atom is -0.355 e. The van der Waals surface area contributed by atoms with Gasteiger partial charge in [-0.25, -0.2) is 9.97 Å². The Bertz CT molecular complexity index is 496. The second-order valence-corrected chi connectivity index (χ2v) is 4.55. The lowest BCUT2D eigenvalue weighted by atomic mass is 10.2. The van der Waals surface area contributed by atoms with Gasteiger partial charge < -0.3 is 4.90 Å². The summed E-state index contributed by atoms with van der Waals surface area (Å²) in [5.41, 5.74) is 2.27. The van der Waals surface area contributed by atoms with Crippen LogP contribution in [0.5, 0.6) is 0 Å². The smallest absolute Gasteiger partial charge is 0.189 e. The molecule has 0 amide bonds. The molecule has 2 heterocycles. The Labute approximate surface area is 105 Å². The number of anilines is 1. The average Bonchev–Trinajstić information content (AvgIpc) is 2.75. The van der Waals surface area contributed by atoms with E-state index in [1.807, 2.05) is 32.5 Å². The maximum atomic E-state index is 4.45. The maximum absolute atomic E-state index is 4.45. The molecule has 6 heteroatoms. The maximum Gasteiger partial charge on any atom is 0.189 e. The summed E-state index contributed by atoms with van der Waals surface area (Å²) in [6.07, 6.45) is 5.61. The van der Waals surface area contributed by atoms with Crippen molar-refractivity contribution in [1.29, 1.82) is 0 Å². The van der Waals surface area contributed by atoms with Gasteiger partial charge >= 0.3 is 0 Å². The Balaban J connectivity index is 2.14. The van der Waals surface area contributed by atoms with Crippen LogP contribution in [0.3, 0.4) is 0 Å². The summed E-state index contributed by atoms with van der Waals surface area (Å²) < 4.78 is 0. The molecular weight excluding hydrogens is 234 g/mol. The minimum atomic E-state index is 0.785. The van der Waals surface area contributed by atoms with Crippen molar-refractivity contribution in [2.75, 3.05) is 18.2 Å². The predicted octanol–water partition coefficient (Wildman–Crippen LogP) is 1.87. The van der Waals surface area contributed by atoms with E-state index in [1.54, 1.807) is 18.0 Å². The van der Waals surface area contributed by atoms with Crippen molar-refractivity contribution in [3.8, 4) is 0 Å². The van der Waals surface area contributed by atoms with Gasteiger partial charge in [0, 0.05) is 31.0 Å². The number of aromatic nitrogens is 4. The van der Waals surface area contributed by atoms with Gasteiger partial charge in [0.2, 0.25) is 0 Å². The Morgan fingerprint density at radius 1 is 1.47 bits per heavy atom. The normalized spacial score (nSPS) is 10.5. The molecule has 0 fully saturated rings. The Morgan fingerprint density at radius 3 is 2.94 bits per heavy atom. The van der Waals surface area contributed by atoms with Gasteiger partial charge in [0.15, 0.2) is 5.16 Å². The Morgan fingerprint density at radius 2 is 2.29 bits per heavy atom. The Kier molecular flexibility index (Phi) is 3.63. The van der Waals surface area contributed by atoms with Gasteiger partial charge in [-0.1, -0.05) is 11.8 Å². The first-order chi connectivity index (χ1) is 8.20. The summed E-state index contributed by atoms with van der Waals surface area (Å²) in [5, 5.41) is 7.74. The summed E-state index contributed by atoms with van der Waals surface area (Å²) in [5.74, 6) is 0.921. The van der Waals surface area contributed by atoms with Crippen molar-refractivity contribution in [3.63, 3.8) is 0 Å². The van der Waals surface area contributed by atoms with E-state index in [4.69, 9.17) is 0 Å². The second-order valence-electron chi connectivity index (χ2n) is 3.78. The highest BCUT2D eigenvalue weighted by atomic mass is 32.2. The van der Waals surface area contributed by atoms with Gasteiger partial charge in [-0.2, -0.15) is 5.10 Å². The fourth-order valence-electron chi connectivity index (χ4n) is 1.51. The van der Waals surface area contributed by atoms with Gasteiger partial charge in [0.1, 0.15) is 5.82 Å². The molecule has 0 saturated heterocycles. The average molecular weight is 249 g/mol. The topological polar surface area (TPSA) is 57.7 Å². The molecule has 0 radical (unpaired) electrons. The molecule has 0 atom stereocenters. The molecule has 0 unspecified atom stereocenters. The van der Waals surface area contributed by atoms with Crippen LogP contribution in [0.25, 0.3) is 0 Å². The minimum absolute atomic E-state index is 0.785. The van der Waals surface area contributed by atoms with Gasteiger partial charge in [-0.3, -0.25) is 5.10 Å². The SMILES string of the molecule is CSc1nccc(N(C)Cc2cn[nH]c2C)n1. The first-order valence-electron chi connectivity index (χ1n) is 5.27. The molecule has 0 saturated carbocycles. The zero-order valence-electron chi connectivity index (χ0n) is 10.1. The molecule has 0 bridgehead atoms. The molecule has 90 valence electrons. The van der Waals surface area contributed by atoms with E-state index in [0.717, 1.165) is 23.2 Å². The predicted molar refractivity (Wildman–Crippen MR) is 69.2 cm³/mol. The largest absolute Gasteiger partial charge is 0.355 e. The molecule has 17 heavy (non-hydrogen) atoms. The lowest BCUT2D eigenvalue weighted by molar-refractivity contribution is 0.853. The van der Waals surface area contributed by atoms with E-state index in [2.05, 4.69) is 25.1 Å². The third kappa shape index (κ3) is 2.76. The van der Waals surface area contributed by atoms with Crippen molar-refractivity contribution in [3.05, 3.63) is 29.7 Å². The number of aromatic amines is 1. The van der Waals surface area contributed by atoms with Crippen LogP contribution < -0.4 is 4.90 Å². The molecule has 2 rings (SSSR count). The number of aryl methyl sites for hydroxylation is 1. The molecule has 0 aliphatic rings. The number of thioether (sulfide) groups is 1. The number of hydrogen-bond acceptors (Lipinski definition) is 5. The van der Waals surface area contributed by atoms with Gasteiger partial charge in [0.25, 0.3) is 0 Å². The number of rotatable bonds is 4. The third-order valence-corrected chi connectivity index (χ3v) is 3.10. The summed E-state index contributed by atoms with van der Waals surface area (Å²) in [4.78, 5) is 10.7. The zero-order chi connectivity index (χ0) is 12.3. The highest BCUT2D eigenvalue weighted by Crippen LogP contribution is 2.16. The standard InChI is InChI=1S/C11H15N5S/c1-8-9(6-13-15-8)7-16(2)10-4-5-12-11(14-10)17-3/h4-6H,7H2,1-3H3,(H,13,15). The van der Waals surface area contributed by atoms with Crippen LogP contribution >= 0.6 is 11.8 Å². The van der Waals surface area contributed by atoms with Crippen molar-refractivity contribution in [2.24, 2.45) is 0 Å². The number of nitrogens with one attached hydrogen (secondary N) is 1. The van der Waals surface area contributed by atoms with Crippen LogP contribution in [-0.4, -0.2) is 33.5 Å². The number of nitrogens with zero attached hydrogens (tertiary/aromatic N) is 4.